The van der Waals surface area contributed by atoms with Gasteiger partial charge in [0.1, 0.15) is 0 Å². The van der Waals surface area contributed by atoms with Crippen molar-refractivity contribution >= 4 is 22.9 Å². The minimum atomic E-state index is 0.175. The molecule has 0 spiro atoms. The first-order valence-electron chi connectivity index (χ1n) is 12.1. The molecule has 9 heteroatoms. The first kappa shape index (κ1) is 22.6. The van der Waals surface area contributed by atoms with Crippen molar-refractivity contribution in [2.45, 2.75) is 25.3 Å². The van der Waals surface area contributed by atoms with E-state index in [1.54, 1.807) is 6.20 Å². The van der Waals surface area contributed by atoms with Crippen LogP contribution in [-0.2, 0) is 4.74 Å². The Kier molecular flexibility index (Phi) is 7.19. The van der Waals surface area contributed by atoms with Crippen molar-refractivity contribution < 1.29 is 4.74 Å². The molecule has 0 aliphatic carbocycles. The molecule has 2 aromatic rings. The summed E-state index contributed by atoms with van der Waals surface area (Å²) in [7, 11) is 0. The molecule has 0 radical (unpaired) electrons. The maximum atomic E-state index is 9.40. The van der Waals surface area contributed by atoms with E-state index in [1.165, 1.54) is 5.69 Å². The van der Waals surface area contributed by atoms with Gasteiger partial charge in [-0.05, 0) is 62.2 Å². The summed E-state index contributed by atoms with van der Waals surface area (Å²) in [5.41, 5.74) is 7.61. The minimum absolute atomic E-state index is 0.175. The lowest BCUT2D eigenvalue weighted by atomic mass is 9.88. The lowest BCUT2D eigenvalue weighted by molar-refractivity contribution is 0.122. The predicted molar refractivity (Wildman–Crippen MR) is 132 cm³/mol. The fourth-order valence-electron chi connectivity index (χ4n) is 4.92. The van der Waals surface area contributed by atoms with E-state index in [0.29, 0.717) is 24.8 Å². The summed E-state index contributed by atoms with van der Waals surface area (Å²) < 4.78 is 5.44. The average molecular weight is 461 g/mol. The number of anilines is 3. The van der Waals surface area contributed by atoms with Crippen LogP contribution >= 0.6 is 0 Å². The molecular weight excluding hydrogens is 428 g/mol. The van der Waals surface area contributed by atoms with Crippen LogP contribution < -0.4 is 21.0 Å². The van der Waals surface area contributed by atoms with Gasteiger partial charge in [0.15, 0.2) is 0 Å². The van der Waals surface area contributed by atoms with E-state index >= 15 is 0 Å². The number of hydrogen-bond donors (Lipinski definition) is 3. The van der Waals surface area contributed by atoms with Crippen LogP contribution in [0, 0.1) is 17.2 Å². The largest absolute Gasteiger partial charge is 0.378 e. The number of rotatable bonds is 7. The van der Waals surface area contributed by atoms with Gasteiger partial charge >= 0.3 is 0 Å². The zero-order valence-corrected chi connectivity index (χ0v) is 19.4. The maximum Gasteiger partial charge on any atom is 0.227 e. The van der Waals surface area contributed by atoms with Crippen molar-refractivity contribution in [3.05, 3.63) is 48.4 Å². The Balaban J connectivity index is 1.26. The van der Waals surface area contributed by atoms with E-state index in [-0.39, 0.29) is 6.04 Å². The van der Waals surface area contributed by atoms with Gasteiger partial charge in [0, 0.05) is 49.0 Å². The number of piperidine rings is 1. The second kappa shape index (κ2) is 10.8. The smallest absolute Gasteiger partial charge is 0.227 e. The Hall–Kier alpha value is -3.19. The number of aromatic nitrogens is 2. The molecule has 0 amide bonds. The topological polar surface area (TPSA) is 101 Å². The van der Waals surface area contributed by atoms with Gasteiger partial charge in [-0.2, -0.15) is 5.26 Å². The summed E-state index contributed by atoms with van der Waals surface area (Å²) in [5, 5.41) is 18.3. The lowest BCUT2D eigenvalue weighted by Gasteiger charge is -2.35. The molecule has 2 fully saturated rings. The number of nitrogens with zero attached hydrogens (tertiary/aromatic N) is 5. The molecule has 3 N–H and O–H groups in total. The van der Waals surface area contributed by atoms with Crippen LogP contribution in [0.3, 0.4) is 0 Å². The van der Waals surface area contributed by atoms with Gasteiger partial charge in [0.05, 0.1) is 37.4 Å². The number of hydrogen-bond acceptors (Lipinski definition) is 9. The molecule has 1 unspecified atom stereocenters. The monoisotopic (exact) mass is 460 g/mol. The van der Waals surface area contributed by atoms with E-state index in [4.69, 9.17) is 9.72 Å². The van der Waals surface area contributed by atoms with Crippen molar-refractivity contribution in [2.24, 2.45) is 5.92 Å². The first-order chi connectivity index (χ1) is 16.8. The predicted octanol–water partition coefficient (Wildman–Crippen LogP) is 2.50. The van der Waals surface area contributed by atoms with Crippen molar-refractivity contribution in [2.75, 3.05) is 56.2 Å². The molecule has 1 atom stereocenters. The molecule has 0 bridgehead atoms. The standard InChI is InChI=1S/C25H32N8O/c26-9-5-24(19-6-10-27-11-7-19)33-18-20(17-29-33)23-8-12-28-25(31-23)30-21-1-3-22(4-2-21)32-13-15-34-16-14-32/h1-4,8,12,18-19,24,27,29H,5-7,10-11,13-17H2,(H,28,30,31). The third kappa shape index (κ3) is 5.30. The SMILES string of the molecule is N#CCC(C1CCNCC1)N1C=C(c2ccnc(Nc3ccc(N4CCOCC4)cc3)n2)CN1. The summed E-state index contributed by atoms with van der Waals surface area (Å²) in [4.78, 5) is 11.5. The molecule has 34 heavy (non-hydrogen) atoms. The minimum Gasteiger partial charge on any atom is -0.378 e. The summed E-state index contributed by atoms with van der Waals surface area (Å²) in [6.45, 7) is 6.13. The van der Waals surface area contributed by atoms with Gasteiger partial charge in [-0.1, -0.05) is 0 Å². The van der Waals surface area contributed by atoms with Crippen LogP contribution in [0.4, 0.5) is 17.3 Å². The molecule has 1 aromatic heterocycles. The van der Waals surface area contributed by atoms with Gasteiger partial charge in [0.25, 0.3) is 0 Å². The van der Waals surface area contributed by atoms with Gasteiger partial charge in [-0.25, -0.2) is 15.4 Å². The molecule has 5 rings (SSSR count). The van der Waals surface area contributed by atoms with Crippen LogP contribution in [0.25, 0.3) is 5.57 Å². The molecular formula is C25H32N8O. The highest BCUT2D eigenvalue weighted by Gasteiger charge is 2.30. The number of nitrogens with one attached hydrogen (secondary N) is 3. The molecule has 3 aliphatic heterocycles. The van der Waals surface area contributed by atoms with E-state index < -0.39 is 0 Å². The highest BCUT2D eigenvalue weighted by atomic mass is 16.5. The molecule has 178 valence electrons. The fourth-order valence-corrected chi connectivity index (χ4v) is 4.92. The molecule has 4 heterocycles. The molecule has 9 nitrogen and oxygen atoms in total. The Morgan fingerprint density at radius 1 is 1.15 bits per heavy atom. The quantitative estimate of drug-likeness (QED) is 0.575. The zero-order valence-electron chi connectivity index (χ0n) is 19.4. The zero-order chi connectivity index (χ0) is 23.2. The lowest BCUT2D eigenvalue weighted by Crippen LogP contribution is -2.46. The van der Waals surface area contributed by atoms with Crippen LogP contribution in [-0.4, -0.2) is 67.0 Å². The Morgan fingerprint density at radius 2 is 1.94 bits per heavy atom. The Labute approximate surface area is 200 Å². The molecule has 0 saturated carbocycles. The summed E-state index contributed by atoms with van der Waals surface area (Å²) in [5.74, 6) is 1.08. The summed E-state index contributed by atoms with van der Waals surface area (Å²) >= 11 is 0. The second-order valence-electron chi connectivity index (χ2n) is 8.95. The third-order valence-electron chi connectivity index (χ3n) is 6.82. The van der Waals surface area contributed by atoms with Gasteiger partial charge in [0.2, 0.25) is 5.95 Å². The fraction of sp³-hybridized carbons (Fsp3) is 0.480. The highest BCUT2D eigenvalue weighted by Crippen LogP contribution is 2.27. The number of benzene rings is 1. The van der Waals surface area contributed by atoms with E-state index in [1.807, 2.05) is 6.07 Å². The van der Waals surface area contributed by atoms with Crippen LogP contribution in [0.5, 0.6) is 0 Å². The second-order valence-corrected chi connectivity index (χ2v) is 8.95. The summed E-state index contributed by atoms with van der Waals surface area (Å²) in [6, 6.07) is 12.9. The third-order valence-corrected chi connectivity index (χ3v) is 6.82. The first-order valence-corrected chi connectivity index (χ1v) is 12.1. The van der Waals surface area contributed by atoms with Crippen LogP contribution in [0.15, 0.2) is 42.7 Å². The Morgan fingerprint density at radius 3 is 2.71 bits per heavy atom. The van der Waals surface area contributed by atoms with Crippen molar-refractivity contribution in [3.63, 3.8) is 0 Å². The summed E-state index contributed by atoms with van der Waals surface area (Å²) in [6.07, 6.45) is 6.61. The normalized spacial score (nSPS) is 20.0. The van der Waals surface area contributed by atoms with Gasteiger partial charge in [-0.15, -0.1) is 0 Å². The molecule has 1 aromatic carbocycles. The van der Waals surface area contributed by atoms with Gasteiger partial charge < -0.3 is 25.3 Å². The van der Waals surface area contributed by atoms with E-state index in [9.17, 15) is 5.26 Å². The van der Waals surface area contributed by atoms with Crippen LogP contribution in [0.2, 0.25) is 0 Å². The maximum absolute atomic E-state index is 9.40. The molecule has 3 aliphatic rings. The number of hydrazine groups is 1. The number of ether oxygens (including phenoxy) is 1. The van der Waals surface area contributed by atoms with E-state index in [0.717, 1.165) is 69.2 Å². The number of morpholine rings is 1. The number of nitriles is 1. The average Bonchev–Trinajstić information content (AvgIpc) is 3.39. The highest BCUT2D eigenvalue weighted by molar-refractivity contribution is 5.67. The van der Waals surface area contributed by atoms with E-state index in [2.05, 4.69) is 67.5 Å². The Bertz CT molecular complexity index is 1020. The van der Waals surface area contributed by atoms with Crippen molar-refractivity contribution in [1.29, 1.82) is 5.26 Å². The van der Waals surface area contributed by atoms with Crippen molar-refractivity contribution in [1.82, 2.24) is 25.7 Å². The van der Waals surface area contributed by atoms with Crippen LogP contribution in [0.1, 0.15) is 25.0 Å². The molecule has 2 saturated heterocycles. The van der Waals surface area contributed by atoms with Gasteiger partial charge in [-0.3, -0.25) is 0 Å². The van der Waals surface area contributed by atoms with Crippen molar-refractivity contribution in [3.8, 4) is 6.07 Å².